The summed E-state index contributed by atoms with van der Waals surface area (Å²) in [6.07, 6.45) is 10.2. The van der Waals surface area contributed by atoms with Crippen LogP contribution in [0.25, 0.3) is 0 Å². The van der Waals surface area contributed by atoms with Crippen LogP contribution in [-0.2, 0) is 6.54 Å². The first-order chi connectivity index (χ1) is 10.2. The van der Waals surface area contributed by atoms with Gasteiger partial charge in [0.25, 0.3) is 5.56 Å². The molecule has 0 radical (unpaired) electrons. The third-order valence-electron chi connectivity index (χ3n) is 6.01. The molecule has 0 aromatic carbocycles. The van der Waals surface area contributed by atoms with Crippen molar-refractivity contribution in [2.24, 2.45) is 23.7 Å². The maximum Gasteiger partial charge on any atom is 0.250 e. The number of hydrogen-bond donors (Lipinski definition) is 1. The van der Waals surface area contributed by atoms with E-state index in [0.717, 1.165) is 42.3 Å². The number of anilines is 1. The zero-order chi connectivity index (χ0) is 14.4. The fourth-order valence-electron chi connectivity index (χ4n) is 5.39. The fraction of sp³-hybridized carbons (Fsp3) is 0.722. The number of rotatable bonds is 4. The molecule has 0 aliphatic heterocycles. The highest BCUT2D eigenvalue weighted by Gasteiger charge is 2.48. The van der Waals surface area contributed by atoms with Gasteiger partial charge in [0.1, 0.15) is 0 Å². The molecule has 4 aliphatic rings. The summed E-state index contributed by atoms with van der Waals surface area (Å²) in [4.78, 5) is 11.8. The second-order valence-corrected chi connectivity index (χ2v) is 7.55. The normalized spacial score (nSPS) is 36.9. The van der Waals surface area contributed by atoms with E-state index in [-0.39, 0.29) is 5.56 Å². The molecule has 3 heteroatoms. The van der Waals surface area contributed by atoms with Crippen LogP contribution in [0.5, 0.6) is 0 Å². The van der Waals surface area contributed by atoms with Crippen molar-refractivity contribution in [3.8, 4) is 0 Å². The zero-order valence-electron chi connectivity index (χ0n) is 12.9. The molecule has 0 unspecified atom stereocenters. The van der Waals surface area contributed by atoms with Gasteiger partial charge in [0, 0.05) is 24.8 Å². The fourth-order valence-corrected chi connectivity index (χ4v) is 5.39. The summed E-state index contributed by atoms with van der Waals surface area (Å²) in [6.45, 7) is 2.93. The SMILES string of the molecule is CCCn1cc(NC2C3CC4CC(C3)CC2C4)ccc1=O. The molecule has 1 aromatic rings. The molecule has 1 heterocycles. The molecule has 114 valence electrons. The van der Waals surface area contributed by atoms with Gasteiger partial charge in [0.05, 0.1) is 5.69 Å². The van der Waals surface area contributed by atoms with Gasteiger partial charge in [0.2, 0.25) is 0 Å². The average molecular weight is 286 g/mol. The molecule has 4 bridgehead atoms. The molecule has 0 atom stereocenters. The van der Waals surface area contributed by atoms with Crippen LogP contribution in [0.2, 0.25) is 0 Å². The Hall–Kier alpha value is -1.25. The maximum absolute atomic E-state index is 11.8. The van der Waals surface area contributed by atoms with Crippen molar-refractivity contribution in [2.45, 2.75) is 58.0 Å². The lowest BCUT2D eigenvalue weighted by molar-refractivity contribution is 0.00752. The molecule has 1 N–H and O–H groups in total. The van der Waals surface area contributed by atoms with Crippen molar-refractivity contribution in [2.75, 3.05) is 5.32 Å². The number of aryl methyl sites for hydroxylation is 1. The standard InChI is InChI=1S/C18H26N2O/c1-2-5-20-11-16(3-4-17(20)21)19-18-14-7-12-6-13(9-14)10-15(18)8-12/h3-4,11-15,18-19H,2,5-10H2,1H3. The topological polar surface area (TPSA) is 34.0 Å². The van der Waals surface area contributed by atoms with E-state index in [1.165, 1.54) is 32.1 Å². The lowest BCUT2D eigenvalue weighted by atomic mass is 9.54. The van der Waals surface area contributed by atoms with E-state index in [2.05, 4.69) is 12.2 Å². The highest BCUT2D eigenvalue weighted by Crippen LogP contribution is 2.54. The minimum absolute atomic E-state index is 0.118. The van der Waals surface area contributed by atoms with Crippen molar-refractivity contribution in [3.05, 3.63) is 28.7 Å². The Bertz CT molecular complexity index is 549. The maximum atomic E-state index is 11.8. The van der Waals surface area contributed by atoms with Crippen LogP contribution in [0.3, 0.4) is 0 Å². The van der Waals surface area contributed by atoms with Crippen LogP contribution in [0.4, 0.5) is 5.69 Å². The predicted octanol–water partition coefficient (Wildman–Crippen LogP) is 3.49. The summed E-state index contributed by atoms with van der Waals surface area (Å²) in [7, 11) is 0. The minimum Gasteiger partial charge on any atom is -0.381 e. The zero-order valence-corrected chi connectivity index (χ0v) is 12.9. The highest BCUT2D eigenvalue weighted by atomic mass is 16.1. The Labute approximate surface area is 126 Å². The van der Waals surface area contributed by atoms with E-state index in [1.807, 2.05) is 16.8 Å². The van der Waals surface area contributed by atoms with E-state index in [0.29, 0.717) is 6.04 Å². The molecular weight excluding hydrogens is 260 g/mol. The van der Waals surface area contributed by atoms with Gasteiger partial charge in [-0.2, -0.15) is 0 Å². The molecule has 3 nitrogen and oxygen atoms in total. The first-order valence-corrected chi connectivity index (χ1v) is 8.70. The van der Waals surface area contributed by atoms with E-state index in [4.69, 9.17) is 0 Å². The van der Waals surface area contributed by atoms with Gasteiger partial charge in [-0.25, -0.2) is 0 Å². The van der Waals surface area contributed by atoms with Crippen molar-refractivity contribution in [1.82, 2.24) is 4.57 Å². The lowest BCUT2D eigenvalue weighted by Crippen LogP contribution is -2.51. The molecule has 1 aromatic heterocycles. The molecule has 4 saturated carbocycles. The highest BCUT2D eigenvalue weighted by molar-refractivity contribution is 5.42. The van der Waals surface area contributed by atoms with Crippen LogP contribution < -0.4 is 10.9 Å². The van der Waals surface area contributed by atoms with E-state index >= 15 is 0 Å². The van der Waals surface area contributed by atoms with E-state index < -0.39 is 0 Å². The van der Waals surface area contributed by atoms with Crippen LogP contribution in [0, 0.1) is 23.7 Å². The molecule has 5 rings (SSSR count). The van der Waals surface area contributed by atoms with Gasteiger partial charge in [0.15, 0.2) is 0 Å². The summed E-state index contributed by atoms with van der Waals surface area (Å²) in [5.41, 5.74) is 1.26. The van der Waals surface area contributed by atoms with Gasteiger partial charge in [-0.1, -0.05) is 6.92 Å². The third-order valence-corrected chi connectivity index (χ3v) is 6.01. The molecular formula is C18H26N2O. The Morgan fingerprint density at radius 1 is 1.10 bits per heavy atom. The monoisotopic (exact) mass is 286 g/mol. The molecule has 21 heavy (non-hydrogen) atoms. The number of pyridine rings is 1. The molecule has 0 spiro atoms. The van der Waals surface area contributed by atoms with Crippen LogP contribution in [-0.4, -0.2) is 10.6 Å². The summed E-state index contributed by atoms with van der Waals surface area (Å²) < 4.78 is 1.85. The van der Waals surface area contributed by atoms with Gasteiger partial charge in [-0.15, -0.1) is 0 Å². The van der Waals surface area contributed by atoms with Gasteiger partial charge in [-0.3, -0.25) is 4.79 Å². The Balaban J connectivity index is 1.53. The van der Waals surface area contributed by atoms with Crippen LogP contribution in [0.15, 0.2) is 23.1 Å². The Kier molecular flexibility index (Phi) is 3.31. The lowest BCUT2D eigenvalue weighted by Gasteiger charge is -2.54. The average Bonchev–Trinajstić information content (AvgIpc) is 2.45. The second kappa shape index (κ2) is 5.19. The molecule has 0 amide bonds. The number of aromatic nitrogens is 1. The van der Waals surface area contributed by atoms with E-state index in [1.54, 1.807) is 6.07 Å². The van der Waals surface area contributed by atoms with Crippen molar-refractivity contribution in [1.29, 1.82) is 0 Å². The molecule has 4 aliphatic carbocycles. The first kappa shape index (κ1) is 13.4. The third kappa shape index (κ3) is 2.41. The summed E-state index contributed by atoms with van der Waals surface area (Å²) in [5, 5.41) is 3.79. The second-order valence-electron chi connectivity index (χ2n) is 7.55. The summed E-state index contributed by atoms with van der Waals surface area (Å²) in [5.74, 6) is 3.76. The van der Waals surface area contributed by atoms with Crippen molar-refractivity contribution in [3.63, 3.8) is 0 Å². The van der Waals surface area contributed by atoms with Crippen molar-refractivity contribution >= 4 is 5.69 Å². The van der Waals surface area contributed by atoms with Crippen LogP contribution >= 0.6 is 0 Å². The molecule has 0 saturated heterocycles. The number of nitrogens with zero attached hydrogens (tertiary/aromatic N) is 1. The molecule has 4 fully saturated rings. The predicted molar refractivity (Wildman–Crippen MR) is 85.4 cm³/mol. The number of hydrogen-bond acceptors (Lipinski definition) is 2. The van der Waals surface area contributed by atoms with Gasteiger partial charge < -0.3 is 9.88 Å². The Morgan fingerprint density at radius 2 is 1.76 bits per heavy atom. The summed E-state index contributed by atoms with van der Waals surface area (Å²) in [6, 6.07) is 4.33. The Morgan fingerprint density at radius 3 is 2.38 bits per heavy atom. The first-order valence-electron chi connectivity index (χ1n) is 8.70. The smallest absolute Gasteiger partial charge is 0.250 e. The van der Waals surface area contributed by atoms with Crippen molar-refractivity contribution < 1.29 is 0 Å². The van der Waals surface area contributed by atoms with Gasteiger partial charge >= 0.3 is 0 Å². The van der Waals surface area contributed by atoms with E-state index in [9.17, 15) is 4.79 Å². The largest absolute Gasteiger partial charge is 0.381 e. The summed E-state index contributed by atoms with van der Waals surface area (Å²) >= 11 is 0. The minimum atomic E-state index is 0.118. The number of nitrogens with one attached hydrogen (secondary N) is 1. The quantitative estimate of drug-likeness (QED) is 0.919. The van der Waals surface area contributed by atoms with Gasteiger partial charge in [-0.05, 0) is 68.3 Å². The van der Waals surface area contributed by atoms with Crippen LogP contribution in [0.1, 0.15) is 45.4 Å².